The molecule has 2 heteroatoms. The Hall–Kier alpha value is -0.860. The summed E-state index contributed by atoms with van der Waals surface area (Å²) in [5.41, 5.74) is 3.17. The predicted molar refractivity (Wildman–Crippen MR) is 87.4 cm³/mol. The Balaban J connectivity index is 2.66. The van der Waals surface area contributed by atoms with E-state index in [4.69, 9.17) is 0 Å². The van der Waals surface area contributed by atoms with E-state index in [9.17, 15) is 0 Å². The quantitative estimate of drug-likeness (QED) is 0.827. The van der Waals surface area contributed by atoms with Gasteiger partial charge in [0.15, 0.2) is 0 Å². The molecule has 0 aliphatic rings. The fourth-order valence-corrected chi connectivity index (χ4v) is 3.91. The van der Waals surface area contributed by atoms with Crippen LogP contribution in [0.4, 0.5) is 0 Å². The van der Waals surface area contributed by atoms with Gasteiger partial charge >= 0.3 is 0 Å². The van der Waals surface area contributed by atoms with Crippen LogP contribution in [0.25, 0.3) is 10.1 Å². The molecular weight excluding hydrogens is 250 g/mol. The second-order valence-electron chi connectivity index (χ2n) is 6.58. The van der Waals surface area contributed by atoms with Crippen molar-refractivity contribution in [1.29, 1.82) is 0 Å². The summed E-state index contributed by atoms with van der Waals surface area (Å²) in [4.78, 5) is 1.48. The molecule has 0 unspecified atom stereocenters. The summed E-state index contributed by atoms with van der Waals surface area (Å²) in [6, 6.07) is 6.98. The van der Waals surface area contributed by atoms with E-state index in [0.717, 1.165) is 6.54 Å². The third-order valence-electron chi connectivity index (χ3n) is 3.58. The van der Waals surface area contributed by atoms with Crippen LogP contribution in [0.5, 0.6) is 0 Å². The summed E-state index contributed by atoms with van der Waals surface area (Å²) in [7, 11) is 2.02. The maximum atomic E-state index is 3.30. The maximum Gasteiger partial charge on any atom is 0.0349 e. The minimum atomic E-state index is 0.216. The minimum Gasteiger partial charge on any atom is -0.315 e. The second-order valence-corrected chi connectivity index (χ2v) is 7.72. The molecular formula is C17H25NS. The molecule has 104 valence electrons. The summed E-state index contributed by atoms with van der Waals surface area (Å²) >= 11 is 1.93. The summed E-state index contributed by atoms with van der Waals surface area (Å²) in [6.07, 6.45) is 0. The highest BCUT2D eigenvalue weighted by Crippen LogP contribution is 2.38. The summed E-state index contributed by atoms with van der Waals surface area (Å²) in [5, 5.41) is 4.75. The van der Waals surface area contributed by atoms with E-state index in [2.05, 4.69) is 58.1 Å². The molecule has 2 rings (SSSR count). The number of nitrogens with one attached hydrogen (secondary N) is 1. The van der Waals surface area contributed by atoms with Gasteiger partial charge in [-0.1, -0.05) is 40.7 Å². The van der Waals surface area contributed by atoms with E-state index in [1.54, 1.807) is 0 Å². The van der Waals surface area contributed by atoms with Crippen molar-refractivity contribution in [1.82, 2.24) is 5.32 Å². The molecule has 0 atom stereocenters. The van der Waals surface area contributed by atoms with Crippen molar-refractivity contribution in [2.45, 2.75) is 52.5 Å². The van der Waals surface area contributed by atoms with Gasteiger partial charge in [-0.2, -0.15) is 0 Å². The summed E-state index contributed by atoms with van der Waals surface area (Å²) < 4.78 is 1.42. The molecule has 0 aliphatic carbocycles. The van der Waals surface area contributed by atoms with Crippen molar-refractivity contribution in [2.75, 3.05) is 7.05 Å². The van der Waals surface area contributed by atoms with Crippen LogP contribution >= 0.6 is 11.3 Å². The number of fused-ring (bicyclic) bond motifs is 1. The fraction of sp³-hybridized carbons (Fsp3) is 0.529. The van der Waals surface area contributed by atoms with E-state index in [1.807, 2.05) is 18.4 Å². The lowest BCUT2D eigenvalue weighted by Crippen LogP contribution is -2.10. The Morgan fingerprint density at radius 2 is 1.89 bits per heavy atom. The number of rotatable bonds is 3. The Kier molecular flexibility index (Phi) is 4.03. The highest BCUT2D eigenvalue weighted by molar-refractivity contribution is 7.19. The summed E-state index contributed by atoms with van der Waals surface area (Å²) in [5.74, 6) is 0.576. The first-order valence-electron chi connectivity index (χ1n) is 7.05. The van der Waals surface area contributed by atoms with Crippen molar-refractivity contribution in [3.63, 3.8) is 0 Å². The lowest BCUT2D eigenvalue weighted by molar-refractivity contribution is 0.591. The SMILES string of the molecule is CNCc1sc2ccc(C(C)(C)C)cc2c1C(C)C. The largest absolute Gasteiger partial charge is 0.315 e. The molecule has 2 aromatic rings. The van der Waals surface area contributed by atoms with Crippen LogP contribution in [0.15, 0.2) is 18.2 Å². The minimum absolute atomic E-state index is 0.216. The van der Waals surface area contributed by atoms with E-state index in [-0.39, 0.29) is 5.41 Å². The van der Waals surface area contributed by atoms with Crippen LogP contribution in [-0.4, -0.2) is 7.05 Å². The third-order valence-corrected chi connectivity index (χ3v) is 4.77. The highest BCUT2D eigenvalue weighted by atomic mass is 32.1. The molecule has 0 radical (unpaired) electrons. The zero-order valence-corrected chi connectivity index (χ0v) is 13.7. The van der Waals surface area contributed by atoms with Gasteiger partial charge in [0.25, 0.3) is 0 Å². The van der Waals surface area contributed by atoms with Gasteiger partial charge in [-0.15, -0.1) is 11.3 Å². The van der Waals surface area contributed by atoms with E-state index < -0.39 is 0 Å². The standard InChI is InChI=1S/C17H25NS/c1-11(2)16-13-9-12(17(3,4)5)7-8-14(13)19-15(16)10-18-6/h7-9,11,18H,10H2,1-6H3. The van der Waals surface area contributed by atoms with Crippen LogP contribution in [0.2, 0.25) is 0 Å². The van der Waals surface area contributed by atoms with Crippen LogP contribution in [0.1, 0.15) is 56.5 Å². The van der Waals surface area contributed by atoms with Crippen LogP contribution in [0.3, 0.4) is 0 Å². The molecule has 0 bridgehead atoms. The highest BCUT2D eigenvalue weighted by Gasteiger charge is 2.18. The van der Waals surface area contributed by atoms with Crippen molar-refractivity contribution < 1.29 is 0 Å². The Bertz CT molecular complexity index is 573. The molecule has 0 saturated carbocycles. The Labute approximate surface area is 121 Å². The fourth-order valence-electron chi connectivity index (χ4n) is 2.56. The van der Waals surface area contributed by atoms with Crippen LogP contribution < -0.4 is 5.32 Å². The van der Waals surface area contributed by atoms with Gasteiger partial charge in [0, 0.05) is 16.1 Å². The lowest BCUT2D eigenvalue weighted by atomic mass is 9.85. The first-order chi connectivity index (χ1) is 8.84. The molecule has 1 N–H and O–H groups in total. The molecule has 0 fully saturated rings. The van der Waals surface area contributed by atoms with Crippen molar-refractivity contribution in [3.8, 4) is 0 Å². The van der Waals surface area contributed by atoms with Gasteiger partial charge in [-0.05, 0) is 47.0 Å². The molecule has 0 spiro atoms. The Morgan fingerprint density at radius 1 is 1.21 bits per heavy atom. The zero-order chi connectivity index (χ0) is 14.2. The van der Waals surface area contributed by atoms with Crippen molar-refractivity contribution in [2.24, 2.45) is 0 Å². The third kappa shape index (κ3) is 2.85. The van der Waals surface area contributed by atoms with Gasteiger partial charge in [-0.3, -0.25) is 0 Å². The van der Waals surface area contributed by atoms with E-state index in [1.165, 1.54) is 26.1 Å². The lowest BCUT2D eigenvalue weighted by Gasteiger charge is -2.19. The molecule has 1 nitrogen and oxygen atoms in total. The molecule has 0 aliphatic heterocycles. The molecule has 0 amide bonds. The maximum absolute atomic E-state index is 3.30. The zero-order valence-electron chi connectivity index (χ0n) is 12.9. The normalized spacial score (nSPS) is 12.6. The average molecular weight is 275 g/mol. The monoisotopic (exact) mass is 275 g/mol. The van der Waals surface area contributed by atoms with Gasteiger partial charge in [-0.25, -0.2) is 0 Å². The van der Waals surface area contributed by atoms with Gasteiger partial charge in [0.1, 0.15) is 0 Å². The number of benzene rings is 1. The molecule has 0 saturated heterocycles. The first-order valence-corrected chi connectivity index (χ1v) is 7.86. The van der Waals surface area contributed by atoms with Crippen LogP contribution in [-0.2, 0) is 12.0 Å². The summed E-state index contributed by atoms with van der Waals surface area (Å²) in [6.45, 7) is 12.4. The molecule has 1 heterocycles. The molecule has 1 aromatic heterocycles. The van der Waals surface area contributed by atoms with Gasteiger partial charge < -0.3 is 5.32 Å². The number of thiophene rings is 1. The van der Waals surface area contributed by atoms with Gasteiger partial charge in [0.05, 0.1) is 0 Å². The van der Waals surface area contributed by atoms with E-state index >= 15 is 0 Å². The van der Waals surface area contributed by atoms with Crippen molar-refractivity contribution >= 4 is 21.4 Å². The predicted octanol–water partition coefficient (Wildman–Crippen LogP) is 5.04. The number of hydrogen-bond donors (Lipinski definition) is 1. The molecule has 1 aromatic carbocycles. The average Bonchev–Trinajstić information content (AvgIpc) is 2.65. The smallest absolute Gasteiger partial charge is 0.0349 e. The second kappa shape index (κ2) is 5.26. The molecule has 19 heavy (non-hydrogen) atoms. The topological polar surface area (TPSA) is 12.0 Å². The van der Waals surface area contributed by atoms with Crippen molar-refractivity contribution in [3.05, 3.63) is 34.2 Å². The van der Waals surface area contributed by atoms with Crippen LogP contribution in [0, 0.1) is 0 Å². The van der Waals surface area contributed by atoms with E-state index in [0.29, 0.717) is 5.92 Å². The van der Waals surface area contributed by atoms with Gasteiger partial charge in [0.2, 0.25) is 0 Å². The Morgan fingerprint density at radius 3 is 2.42 bits per heavy atom. The number of hydrogen-bond acceptors (Lipinski definition) is 2. The first kappa shape index (κ1) is 14.5.